The normalized spacial score (nSPS) is 9.25. The minimum absolute atomic E-state index is 0.120. The van der Waals surface area contributed by atoms with Gasteiger partial charge in [-0.25, -0.2) is 4.79 Å². The third-order valence-corrected chi connectivity index (χ3v) is 2.60. The summed E-state index contributed by atoms with van der Waals surface area (Å²) in [5.74, 6) is -0.574. The zero-order chi connectivity index (χ0) is 15.1. The lowest BCUT2D eigenvalue weighted by Gasteiger charge is -1.98. The van der Waals surface area contributed by atoms with Crippen LogP contribution in [0.25, 0.3) is 6.08 Å². The Kier molecular flexibility index (Phi) is 5.35. The molecule has 0 aromatic heterocycles. The molecule has 0 saturated carbocycles. The van der Waals surface area contributed by atoms with Gasteiger partial charge in [0.2, 0.25) is 0 Å². The Morgan fingerprint density at radius 2 is 1.75 bits per heavy atom. The Bertz CT molecular complexity index is 618. The molecule has 0 aliphatic heterocycles. The van der Waals surface area contributed by atoms with Crippen LogP contribution < -0.4 is 0 Å². The molecule has 0 bridgehead atoms. The summed E-state index contributed by atoms with van der Waals surface area (Å²) in [7, 11) is 0. The lowest BCUT2D eigenvalue weighted by atomic mass is 10.1. The summed E-state index contributed by atoms with van der Waals surface area (Å²) in [6.07, 6.45) is 1.62. The van der Waals surface area contributed by atoms with Crippen molar-refractivity contribution in [3.63, 3.8) is 0 Å². The smallest absolute Gasteiger partial charge is 0.335 e. The zero-order valence-corrected chi connectivity index (χ0v) is 11.1. The maximum atomic E-state index is 10.4. The number of aromatic hydroxyl groups is 2. The van der Waals surface area contributed by atoms with Gasteiger partial charge in [-0.3, -0.25) is 0 Å². The van der Waals surface area contributed by atoms with E-state index in [2.05, 4.69) is 6.58 Å². The summed E-state index contributed by atoms with van der Waals surface area (Å²) < 4.78 is 0. The number of phenols is 2. The van der Waals surface area contributed by atoms with E-state index >= 15 is 0 Å². The maximum absolute atomic E-state index is 10.4. The van der Waals surface area contributed by atoms with Crippen molar-refractivity contribution in [2.24, 2.45) is 0 Å². The number of carboxylic acids is 1. The Morgan fingerprint density at radius 3 is 2.20 bits per heavy atom. The van der Waals surface area contributed by atoms with Crippen molar-refractivity contribution in [1.29, 1.82) is 0 Å². The molecule has 0 aliphatic rings. The van der Waals surface area contributed by atoms with E-state index in [0.29, 0.717) is 5.56 Å². The molecule has 0 unspecified atom stereocenters. The summed E-state index contributed by atoms with van der Waals surface area (Å²) in [4.78, 5) is 10.4. The molecule has 0 amide bonds. The van der Waals surface area contributed by atoms with Crippen LogP contribution in [-0.2, 0) is 0 Å². The maximum Gasteiger partial charge on any atom is 0.335 e. The van der Waals surface area contributed by atoms with Crippen molar-refractivity contribution in [3.05, 3.63) is 65.7 Å². The number of aryl methyl sites for hydroxylation is 1. The average Bonchev–Trinajstić information content (AvgIpc) is 2.43. The number of carboxylic acid groups (broad SMARTS) is 1. The number of para-hydroxylation sites is 1. The first-order chi connectivity index (χ1) is 9.45. The van der Waals surface area contributed by atoms with Gasteiger partial charge in [0.15, 0.2) is 0 Å². The van der Waals surface area contributed by atoms with Crippen molar-refractivity contribution in [2.75, 3.05) is 0 Å². The van der Waals surface area contributed by atoms with E-state index in [0.717, 1.165) is 5.56 Å². The molecule has 0 saturated heterocycles. The first kappa shape index (κ1) is 15.3. The van der Waals surface area contributed by atoms with Gasteiger partial charge in [-0.05, 0) is 36.8 Å². The highest BCUT2D eigenvalue weighted by Gasteiger charge is 2.03. The third-order valence-electron chi connectivity index (χ3n) is 2.60. The van der Waals surface area contributed by atoms with Crippen molar-refractivity contribution < 1.29 is 20.1 Å². The zero-order valence-electron chi connectivity index (χ0n) is 11.1. The van der Waals surface area contributed by atoms with Crippen LogP contribution in [0.4, 0.5) is 0 Å². The summed E-state index contributed by atoms with van der Waals surface area (Å²) in [6, 6.07) is 11.2. The summed E-state index contributed by atoms with van der Waals surface area (Å²) in [5, 5.41) is 26.6. The fourth-order valence-corrected chi connectivity index (χ4v) is 1.45. The van der Waals surface area contributed by atoms with E-state index in [9.17, 15) is 4.79 Å². The molecule has 2 aromatic rings. The predicted octanol–water partition coefficient (Wildman–Crippen LogP) is 3.43. The molecule has 104 valence electrons. The van der Waals surface area contributed by atoms with Crippen molar-refractivity contribution >= 4 is 12.0 Å². The average molecular weight is 272 g/mol. The molecule has 2 rings (SSSR count). The van der Waals surface area contributed by atoms with Crippen LogP contribution in [0.2, 0.25) is 0 Å². The highest BCUT2D eigenvalue weighted by atomic mass is 16.4. The minimum Gasteiger partial charge on any atom is -0.508 e. The van der Waals surface area contributed by atoms with Crippen LogP contribution in [0.5, 0.6) is 11.5 Å². The first-order valence-electron chi connectivity index (χ1n) is 5.89. The second kappa shape index (κ2) is 6.99. The van der Waals surface area contributed by atoms with E-state index < -0.39 is 5.97 Å². The minimum atomic E-state index is -0.979. The monoisotopic (exact) mass is 272 g/mol. The Balaban J connectivity index is 0.000000204. The fraction of sp³-hybridized carbons (Fsp3) is 0.0625. The van der Waals surface area contributed by atoms with Gasteiger partial charge in [-0.1, -0.05) is 30.9 Å². The van der Waals surface area contributed by atoms with Crippen molar-refractivity contribution in [3.8, 4) is 11.5 Å². The van der Waals surface area contributed by atoms with Crippen LogP contribution in [0.3, 0.4) is 0 Å². The SMILES string of the molecule is C=Cc1ccccc1O.Cc1cc(C(=O)O)ccc1O. The Hall–Kier alpha value is -2.75. The molecule has 0 spiro atoms. The second-order valence-corrected chi connectivity index (χ2v) is 4.07. The molecule has 2 aromatic carbocycles. The topological polar surface area (TPSA) is 77.8 Å². The number of aromatic carboxylic acids is 1. The first-order valence-corrected chi connectivity index (χ1v) is 5.89. The number of carbonyl (C=O) groups is 1. The van der Waals surface area contributed by atoms with Crippen molar-refractivity contribution in [2.45, 2.75) is 6.92 Å². The van der Waals surface area contributed by atoms with Crippen LogP contribution in [0.1, 0.15) is 21.5 Å². The Morgan fingerprint density at radius 1 is 1.10 bits per heavy atom. The van der Waals surface area contributed by atoms with Gasteiger partial charge in [0.1, 0.15) is 11.5 Å². The largest absolute Gasteiger partial charge is 0.508 e. The molecule has 4 nitrogen and oxygen atoms in total. The standard InChI is InChI=1S/C8H8O3.C8H8O/c1-5-4-6(8(10)11)2-3-7(5)9;1-2-7-5-3-4-6-8(7)9/h2-4,9H,1H3,(H,10,11);2-6,9H,1H2. The highest BCUT2D eigenvalue weighted by Crippen LogP contribution is 2.16. The molecule has 0 heterocycles. The highest BCUT2D eigenvalue weighted by molar-refractivity contribution is 5.88. The fourth-order valence-electron chi connectivity index (χ4n) is 1.45. The van der Waals surface area contributed by atoms with E-state index in [1.54, 1.807) is 25.1 Å². The molecule has 3 N–H and O–H groups in total. The van der Waals surface area contributed by atoms with Crippen LogP contribution in [-0.4, -0.2) is 21.3 Å². The van der Waals surface area contributed by atoms with Gasteiger partial charge in [0.25, 0.3) is 0 Å². The van der Waals surface area contributed by atoms with E-state index in [1.807, 2.05) is 12.1 Å². The molecule has 0 aliphatic carbocycles. The summed E-state index contributed by atoms with van der Waals surface area (Å²) in [6.45, 7) is 5.19. The predicted molar refractivity (Wildman–Crippen MR) is 78.0 cm³/mol. The van der Waals surface area contributed by atoms with Gasteiger partial charge in [-0.2, -0.15) is 0 Å². The number of benzene rings is 2. The van der Waals surface area contributed by atoms with E-state index in [4.69, 9.17) is 15.3 Å². The van der Waals surface area contributed by atoms with Gasteiger partial charge in [-0.15, -0.1) is 0 Å². The lowest BCUT2D eigenvalue weighted by molar-refractivity contribution is 0.0697. The quantitative estimate of drug-likeness (QED) is 0.782. The van der Waals surface area contributed by atoms with Gasteiger partial charge in [0.05, 0.1) is 5.56 Å². The number of phenolic OH excluding ortho intramolecular Hbond substituents is 2. The van der Waals surface area contributed by atoms with Crippen LogP contribution in [0.15, 0.2) is 49.0 Å². The van der Waals surface area contributed by atoms with Gasteiger partial charge >= 0.3 is 5.97 Å². The van der Waals surface area contributed by atoms with Gasteiger partial charge in [0, 0.05) is 5.56 Å². The molecule has 0 radical (unpaired) electrons. The summed E-state index contributed by atoms with van der Waals surface area (Å²) >= 11 is 0. The van der Waals surface area contributed by atoms with Gasteiger partial charge < -0.3 is 15.3 Å². The van der Waals surface area contributed by atoms with E-state index in [1.165, 1.54) is 18.2 Å². The van der Waals surface area contributed by atoms with Crippen molar-refractivity contribution in [1.82, 2.24) is 0 Å². The molecule has 20 heavy (non-hydrogen) atoms. The number of hydrogen-bond donors (Lipinski definition) is 3. The molecular weight excluding hydrogens is 256 g/mol. The summed E-state index contributed by atoms with van der Waals surface area (Å²) in [5.41, 5.74) is 1.54. The molecule has 4 heteroatoms. The molecular formula is C16H16O4. The molecule has 0 atom stereocenters. The van der Waals surface area contributed by atoms with E-state index in [-0.39, 0.29) is 17.1 Å². The number of rotatable bonds is 2. The third kappa shape index (κ3) is 4.17. The lowest BCUT2D eigenvalue weighted by Crippen LogP contribution is -1.95. The Labute approximate surface area is 117 Å². The molecule has 0 fully saturated rings. The number of hydrogen-bond acceptors (Lipinski definition) is 3. The van der Waals surface area contributed by atoms with Crippen LogP contribution in [0, 0.1) is 6.92 Å². The second-order valence-electron chi connectivity index (χ2n) is 4.07. The van der Waals surface area contributed by atoms with Crippen LogP contribution >= 0.6 is 0 Å².